The van der Waals surface area contributed by atoms with Gasteiger partial charge in [0.15, 0.2) is 6.10 Å². The number of hydrogen-bond donors (Lipinski definition) is 0. The largest absolute Gasteiger partial charge is 0.756 e. The van der Waals surface area contributed by atoms with Crippen LogP contribution in [0, 0.1) is 0 Å². The van der Waals surface area contributed by atoms with E-state index >= 15 is 0 Å². The molecule has 0 radical (unpaired) electrons. The van der Waals surface area contributed by atoms with E-state index in [0.29, 0.717) is 23.9 Å². The third-order valence-electron chi connectivity index (χ3n) is 8.54. The molecule has 0 saturated heterocycles. The number of hydrogen-bond acceptors (Lipinski definition) is 8. The average Bonchev–Trinajstić information content (AvgIpc) is 3.17. The van der Waals surface area contributed by atoms with Gasteiger partial charge in [-0.25, -0.2) is 0 Å². The lowest BCUT2D eigenvalue weighted by molar-refractivity contribution is -0.870. The van der Waals surface area contributed by atoms with Gasteiger partial charge in [0, 0.05) is 12.8 Å². The van der Waals surface area contributed by atoms with Crippen LogP contribution in [0.5, 0.6) is 0 Å². The van der Waals surface area contributed by atoms with Gasteiger partial charge in [-0.05, 0) is 89.9 Å². The van der Waals surface area contributed by atoms with Gasteiger partial charge in [0.05, 0.1) is 27.7 Å². The lowest BCUT2D eigenvalue weighted by Gasteiger charge is -2.28. The predicted molar refractivity (Wildman–Crippen MR) is 240 cm³/mol. The Balaban J connectivity index is 4.51. The van der Waals surface area contributed by atoms with Crippen molar-refractivity contribution < 1.29 is 42.1 Å². The van der Waals surface area contributed by atoms with E-state index < -0.39 is 32.5 Å². The normalized spacial score (nSPS) is 14.5. The van der Waals surface area contributed by atoms with Crippen LogP contribution in [0.2, 0.25) is 0 Å². The van der Waals surface area contributed by atoms with Crippen LogP contribution in [0.4, 0.5) is 0 Å². The average molecular weight is 830 g/mol. The smallest absolute Gasteiger partial charge is 0.306 e. The van der Waals surface area contributed by atoms with Crippen LogP contribution in [-0.2, 0) is 32.7 Å². The molecule has 0 aliphatic rings. The Morgan fingerprint density at radius 3 is 1.34 bits per heavy atom. The van der Waals surface area contributed by atoms with Crippen molar-refractivity contribution in [1.82, 2.24) is 0 Å². The third kappa shape index (κ3) is 42.5. The van der Waals surface area contributed by atoms with Gasteiger partial charge in [-0.3, -0.25) is 14.2 Å². The Morgan fingerprint density at radius 1 is 0.534 bits per heavy atom. The molecule has 0 aliphatic heterocycles. The summed E-state index contributed by atoms with van der Waals surface area (Å²) in [6.45, 7) is 3.98. The fourth-order valence-electron chi connectivity index (χ4n) is 5.10. The molecule has 330 valence electrons. The van der Waals surface area contributed by atoms with Gasteiger partial charge in [-0.2, -0.15) is 0 Å². The van der Waals surface area contributed by atoms with Crippen molar-refractivity contribution in [2.24, 2.45) is 0 Å². The van der Waals surface area contributed by atoms with Crippen LogP contribution >= 0.6 is 7.82 Å². The highest BCUT2D eigenvalue weighted by molar-refractivity contribution is 7.45. The SMILES string of the molecule is CCC/C=C/C/C=C/C/C=C/C/C=C/CCCCCC(=O)OC[C@H](COP(=O)([O-])OCC[N+](C)(C)C)OC(=O)CCCCC/C=C/C/C=C/C/C=C/C/C=C/CCC. The number of nitrogens with zero attached hydrogens (tertiary/aromatic N) is 1. The zero-order chi connectivity index (χ0) is 42.8. The molecule has 0 aliphatic carbocycles. The Labute approximate surface area is 353 Å². The zero-order valence-electron chi connectivity index (χ0n) is 36.9. The molecule has 0 rings (SSSR count). The molecule has 0 spiro atoms. The standard InChI is InChI=1S/C48H80NO8P/c1-6-8-10-12-14-16-18-20-22-24-26-28-30-32-34-36-38-40-47(50)54-44-46(45-56-58(52,53)55-43-42-49(3,4)5)57-48(51)41-39-37-35-33-31-29-27-25-23-21-19-17-15-13-11-9-7-2/h10-13,16-19,22-25,28-31,46H,6-9,14-15,20-21,26-27,32-45H2,1-5H3/b12-10+,13-11+,18-16+,19-17+,24-22+,25-23+,30-28+,31-29+/t46-/m1/s1. The number of quaternary nitrogens is 1. The number of allylic oxidation sites excluding steroid dienone is 16. The summed E-state index contributed by atoms with van der Waals surface area (Å²) in [5.74, 6) is -0.919. The first-order chi connectivity index (χ1) is 28.0. The molecule has 58 heavy (non-hydrogen) atoms. The molecule has 0 fully saturated rings. The summed E-state index contributed by atoms with van der Waals surface area (Å²) in [5.41, 5.74) is 0. The number of likely N-dealkylation sites (N-methyl/N-ethyl adjacent to an activating group) is 1. The lowest BCUT2D eigenvalue weighted by atomic mass is 10.1. The Kier molecular flexibility index (Phi) is 37.3. The van der Waals surface area contributed by atoms with Gasteiger partial charge in [0.1, 0.15) is 19.8 Å². The molecule has 0 saturated carbocycles. The van der Waals surface area contributed by atoms with Crippen LogP contribution < -0.4 is 4.89 Å². The molecule has 1 unspecified atom stereocenters. The third-order valence-corrected chi connectivity index (χ3v) is 9.50. The van der Waals surface area contributed by atoms with Crippen LogP contribution in [0.1, 0.15) is 142 Å². The number of esters is 2. The topological polar surface area (TPSA) is 111 Å². The second kappa shape index (κ2) is 39.4. The number of unbranched alkanes of at least 4 members (excludes halogenated alkanes) is 8. The Morgan fingerprint density at radius 2 is 0.931 bits per heavy atom. The number of ether oxygens (including phenoxy) is 2. The molecule has 9 nitrogen and oxygen atoms in total. The number of carbonyl (C=O) groups excluding carboxylic acids is 2. The maximum absolute atomic E-state index is 12.7. The highest BCUT2D eigenvalue weighted by atomic mass is 31.2. The predicted octanol–water partition coefficient (Wildman–Crippen LogP) is 11.9. The molecular formula is C48H80NO8P. The summed E-state index contributed by atoms with van der Waals surface area (Å²) in [7, 11) is 1.10. The van der Waals surface area contributed by atoms with E-state index in [2.05, 4.69) is 111 Å². The summed E-state index contributed by atoms with van der Waals surface area (Å²) >= 11 is 0. The van der Waals surface area contributed by atoms with Crippen molar-refractivity contribution in [1.29, 1.82) is 0 Å². The lowest BCUT2D eigenvalue weighted by Crippen LogP contribution is -2.37. The van der Waals surface area contributed by atoms with Gasteiger partial charge in [0.25, 0.3) is 7.82 Å². The molecule has 0 heterocycles. The first-order valence-corrected chi connectivity index (χ1v) is 23.4. The Bertz CT molecular complexity index is 1300. The van der Waals surface area contributed by atoms with Crippen molar-refractivity contribution in [2.75, 3.05) is 47.5 Å². The van der Waals surface area contributed by atoms with E-state index in [9.17, 15) is 19.0 Å². The van der Waals surface area contributed by atoms with Crippen molar-refractivity contribution in [3.05, 3.63) is 97.2 Å². The van der Waals surface area contributed by atoms with E-state index in [4.69, 9.17) is 18.5 Å². The second-order valence-corrected chi connectivity index (χ2v) is 16.8. The molecule has 0 aromatic carbocycles. The minimum atomic E-state index is -4.65. The van der Waals surface area contributed by atoms with Crippen LogP contribution in [0.25, 0.3) is 0 Å². The van der Waals surface area contributed by atoms with Crippen molar-refractivity contribution >= 4 is 19.8 Å². The molecular weight excluding hydrogens is 750 g/mol. The minimum absolute atomic E-state index is 0.0486. The number of rotatable bonds is 38. The van der Waals surface area contributed by atoms with Crippen molar-refractivity contribution in [3.63, 3.8) is 0 Å². The number of phosphoric acid groups is 1. The van der Waals surface area contributed by atoms with E-state index in [0.717, 1.165) is 89.9 Å². The maximum Gasteiger partial charge on any atom is 0.306 e. The van der Waals surface area contributed by atoms with E-state index in [1.165, 1.54) is 12.8 Å². The molecule has 0 aromatic rings. The monoisotopic (exact) mass is 830 g/mol. The molecule has 0 amide bonds. The first kappa shape index (κ1) is 54.9. The maximum atomic E-state index is 12.7. The van der Waals surface area contributed by atoms with Crippen molar-refractivity contribution in [2.45, 2.75) is 148 Å². The quantitative estimate of drug-likeness (QED) is 0.0199. The van der Waals surface area contributed by atoms with E-state index in [1.807, 2.05) is 21.1 Å². The summed E-state index contributed by atoms with van der Waals surface area (Å²) in [4.78, 5) is 37.5. The highest BCUT2D eigenvalue weighted by Gasteiger charge is 2.21. The summed E-state index contributed by atoms with van der Waals surface area (Å²) in [6, 6.07) is 0. The van der Waals surface area contributed by atoms with Crippen LogP contribution in [0.15, 0.2) is 97.2 Å². The van der Waals surface area contributed by atoms with Gasteiger partial charge in [-0.15, -0.1) is 0 Å². The fourth-order valence-corrected chi connectivity index (χ4v) is 5.83. The minimum Gasteiger partial charge on any atom is -0.756 e. The van der Waals surface area contributed by atoms with Gasteiger partial charge < -0.3 is 27.9 Å². The van der Waals surface area contributed by atoms with E-state index in [-0.39, 0.29) is 26.1 Å². The zero-order valence-corrected chi connectivity index (χ0v) is 37.8. The number of phosphoric ester groups is 1. The van der Waals surface area contributed by atoms with Gasteiger partial charge >= 0.3 is 11.9 Å². The number of carbonyl (C=O) groups is 2. The van der Waals surface area contributed by atoms with Gasteiger partial charge in [-0.1, -0.05) is 137 Å². The molecule has 10 heteroatoms. The summed E-state index contributed by atoms with van der Waals surface area (Å²) in [6.07, 6.45) is 51.4. The molecule has 2 atom stereocenters. The Hall–Kier alpha value is -3.07. The summed E-state index contributed by atoms with van der Waals surface area (Å²) < 4.78 is 33.8. The van der Waals surface area contributed by atoms with Gasteiger partial charge in [0.2, 0.25) is 0 Å². The second-order valence-electron chi connectivity index (χ2n) is 15.3. The molecule has 0 aromatic heterocycles. The van der Waals surface area contributed by atoms with Crippen LogP contribution in [0.3, 0.4) is 0 Å². The summed E-state index contributed by atoms with van der Waals surface area (Å²) in [5, 5.41) is 0. The van der Waals surface area contributed by atoms with Crippen LogP contribution in [-0.4, -0.2) is 70.0 Å². The first-order valence-electron chi connectivity index (χ1n) is 21.9. The van der Waals surface area contributed by atoms with Crippen molar-refractivity contribution in [3.8, 4) is 0 Å². The van der Waals surface area contributed by atoms with E-state index in [1.54, 1.807) is 0 Å². The highest BCUT2D eigenvalue weighted by Crippen LogP contribution is 2.38. The molecule has 0 N–H and O–H groups in total. The fraction of sp³-hybridized carbons (Fsp3) is 0.625. The molecule has 0 bridgehead atoms.